The Morgan fingerprint density at radius 1 is 0.971 bits per heavy atom. The van der Waals surface area contributed by atoms with Gasteiger partial charge in [0.25, 0.3) is 11.7 Å². The number of methoxy groups -OCH3 is 1. The molecule has 0 bridgehead atoms. The summed E-state index contributed by atoms with van der Waals surface area (Å²) in [6.45, 7) is 0. The number of carbonyl (C=O) groups excluding carboxylic acids is 2. The van der Waals surface area contributed by atoms with Crippen molar-refractivity contribution in [2.45, 2.75) is 12.2 Å². The van der Waals surface area contributed by atoms with E-state index < -0.39 is 35.2 Å². The number of aliphatic hydroxyl groups excluding tert-OH is 1. The fraction of sp³-hybridized carbons (Fsp3) is 0.120. The number of aliphatic hydroxyl groups is 1. The fourth-order valence-electron chi connectivity index (χ4n) is 3.86. The van der Waals surface area contributed by atoms with Gasteiger partial charge in [0.1, 0.15) is 5.76 Å². The third-order valence-electron chi connectivity index (χ3n) is 5.46. The average Bonchev–Trinajstić information content (AvgIpc) is 3.09. The quantitative estimate of drug-likeness (QED) is 0.317. The number of amides is 1. The second-order valence-corrected chi connectivity index (χ2v) is 7.51. The van der Waals surface area contributed by atoms with Crippen molar-refractivity contribution in [1.82, 2.24) is 0 Å². The summed E-state index contributed by atoms with van der Waals surface area (Å²) in [6.07, 6.45) is -4.68. The molecule has 0 spiro atoms. The van der Waals surface area contributed by atoms with Crippen LogP contribution in [0, 0.1) is 0 Å². The van der Waals surface area contributed by atoms with Crippen LogP contribution in [0.5, 0.6) is 11.5 Å². The molecule has 0 radical (unpaired) electrons. The first-order valence-electron chi connectivity index (χ1n) is 10.0. The van der Waals surface area contributed by atoms with Gasteiger partial charge in [-0.1, -0.05) is 42.5 Å². The van der Waals surface area contributed by atoms with E-state index in [0.717, 1.165) is 23.1 Å². The van der Waals surface area contributed by atoms with E-state index in [4.69, 9.17) is 4.74 Å². The SMILES string of the molecule is COc1cc([C@H]2/C(=C(\O)c3ccccc3)C(=O)C(=O)N2c2cccc(C(F)(F)F)c2)ccc1O. The number of phenolic OH excluding ortho intramolecular Hbond substituents is 1. The van der Waals surface area contributed by atoms with Crippen molar-refractivity contribution in [3.8, 4) is 11.5 Å². The highest BCUT2D eigenvalue weighted by Crippen LogP contribution is 2.44. The number of ketones is 1. The molecule has 6 nitrogen and oxygen atoms in total. The van der Waals surface area contributed by atoms with Crippen LogP contribution in [0.2, 0.25) is 0 Å². The van der Waals surface area contributed by atoms with Crippen molar-refractivity contribution in [2.75, 3.05) is 12.0 Å². The van der Waals surface area contributed by atoms with Crippen molar-refractivity contribution < 1.29 is 37.7 Å². The Kier molecular flexibility index (Phi) is 5.78. The molecule has 1 amide bonds. The molecular formula is C25H18F3NO5. The van der Waals surface area contributed by atoms with Gasteiger partial charge in [0.15, 0.2) is 11.5 Å². The predicted octanol–water partition coefficient (Wildman–Crippen LogP) is 5.05. The van der Waals surface area contributed by atoms with Crippen LogP contribution in [0.25, 0.3) is 5.76 Å². The maximum absolute atomic E-state index is 13.4. The molecule has 0 aliphatic carbocycles. The number of halogens is 3. The van der Waals surface area contributed by atoms with Gasteiger partial charge in [-0.25, -0.2) is 0 Å². The molecular weight excluding hydrogens is 451 g/mol. The molecule has 4 rings (SSSR count). The van der Waals surface area contributed by atoms with Crippen LogP contribution in [0.4, 0.5) is 18.9 Å². The molecule has 34 heavy (non-hydrogen) atoms. The second-order valence-electron chi connectivity index (χ2n) is 7.51. The normalized spacial score (nSPS) is 17.8. The molecule has 1 aliphatic heterocycles. The number of benzene rings is 3. The average molecular weight is 469 g/mol. The van der Waals surface area contributed by atoms with Crippen LogP contribution in [-0.4, -0.2) is 29.0 Å². The Bertz CT molecular complexity index is 1300. The van der Waals surface area contributed by atoms with Gasteiger partial charge >= 0.3 is 6.18 Å². The summed E-state index contributed by atoms with van der Waals surface area (Å²) < 4.78 is 45.2. The maximum atomic E-state index is 13.4. The van der Waals surface area contributed by atoms with E-state index >= 15 is 0 Å². The van der Waals surface area contributed by atoms with E-state index in [1.165, 1.54) is 43.5 Å². The Labute approximate surface area is 192 Å². The lowest BCUT2D eigenvalue weighted by atomic mass is 9.94. The molecule has 1 fully saturated rings. The zero-order chi connectivity index (χ0) is 24.6. The molecule has 0 aromatic heterocycles. The number of hydrogen-bond donors (Lipinski definition) is 2. The first kappa shape index (κ1) is 22.9. The van der Waals surface area contributed by atoms with Gasteiger partial charge < -0.3 is 14.9 Å². The molecule has 3 aromatic carbocycles. The maximum Gasteiger partial charge on any atom is 0.416 e. The van der Waals surface area contributed by atoms with Crippen molar-refractivity contribution in [3.63, 3.8) is 0 Å². The number of hydrogen-bond acceptors (Lipinski definition) is 5. The van der Waals surface area contributed by atoms with E-state index in [2.05, 4.69) is 0 Å². The molecule has 1 atom stereocenters. The molecule has 3 aromatic rings. The van der Waals surface area contributed by atoms with Crippen molar-refractivity contribution in [2.24, 2.45) is 0 Å². The van der Waals surface area contributed by atoms with Gasteiger partial charge in [-0.2, -0.15) is 13.2 Å². The minimum absolute atomic E-state index is 0.0202. The van der Waals surface area contributed by atoms with Gasteiger partial charge in [-0.3, -0.25) is 14.5 Å². The molecule has 0 unspecified atom stereocenters. The van der Waals surface area contributed by atoms with E-state index in [9.17, 15) is 33.0 Å². The number of carbonyl (C=O) groups is 2. The molecule has 1 heterocycles. The van der Waals surface area contributed by atoms with Crippen molar-refractivity contribution in [3.05, 3.63) is 95.1 Å². The summed E-state index contributed by atoms with van der Waals surface area (Å²) in [5, 5.41) is 21.0. The number of alkyl halides is 3. The van der Waals surface area contributed by atoms with Crippen LogP contribution < -0.4 is 9.64 Å². The van der Waals surface area contributed by atoms with Crippen molar-refractivity contribution in [1.29, 1.82) is 0 Å². The summed E-state index contributed by atoms with van der Waals surface area (Å²) in [5.74, 6) is -2.84. The monoisotopic (exact) mass is 469 g/mol. The van der Waals surface area contributed by atoms with Crippen LogP contribution in [0.3, 0.4) is 0 Å². The highest BCUT2D eigenvalue weighted by molar-refractivity contribution is 6.51. The summed E-state index contributed by atoms with van der Waals surface area (Å²) in [6, 6.07) is 14.7. The Hall–Kier alpha value is -4.27. The van der Waals surface area contributed by atoms with Gasteiger partial charge in [0.2, 0.25) is 0 Å². The molecule has 0 saturated carbocycles. The van der Waals surface area contributed by atoms with Gasteiger partial charge in [-0.15, -0.1) is 0 Å². The lowest BCUT2D eigenvalue weighted by Crippen LogP contribution is -2.29. The first-order chi connectivity index (χ1) is 16.1. The summed E-state index contributed by atoms with van der Waals surface area (Å²) in [5.41, 5.74) is -0.997. The van der Waals surface area contributed by atoms with Gasteiger partial charge in [-0.05, 0) is 35.9 Å². The van der Waals surface area contributed by atoms with Crippen LogP contribution in [0.1, 0.15) is 22.7 Å². The first-order valence-corrected chi connectivity index (χ1v) is 10.0. The third-order valence-corrected chi connectivity index (χ3v) is 5.46. The highest BCUT2D eigenvalue weighted by Gasteiger charge is 2.47. The fourth-order valence-corrected chi connectivity index (χ4v) is 3.86. The van der Waals surface area contributed by atoms with Crippen LogP contribution >= 0.6 is 0 Å². The van der Waals surface area contributed by atoms with Crippen LogP contribution in [0.15, 0.2) is 78.4 Å². The minimum atomic E-state index is -4.68. The zero-order valence-corrected chi connectivity index (χ0v) is 17.7. The van der Waals surface area contributed by atoms with Crippen LogP contribution in [-0.2, 0) is 15.8 Å². The topological polar surface area (TPSA) is 87.1 Å². The largest absolute Gasteiger partial charge is 0.507 e. The number of aromatic hydroxyl groups is 1. The van der Waals surface area contributed by atoms with E-state index in [1.54, 1.807) is 18.2 Å². The number of anilines is 1. The lowest BCUT2D eigenvalue weighted by Gasteiger charge is -2.26. The Balaban J connectivity index is 1.98. The summed E-state index contributed by atoms with van der Waals surface area (Å²) in [7, 11) is 1.30. The second kappa shape index (κ2) is 8.58. The highest BCUT2D eigenvalue weighted by atomic mass is 19.4. The molecule has 9 heteroatoms. The number of Topliss-reactive ketones (excluding diaryl/α,β-unsaturated/α-hetero) is 1. The smallest absolute Gasteiger partial charge is 0.416 e. The molecule has 1 aliphatic rings. The standard InChI is InChI=1S/C25H18F3NO5/c1-34-19-12-15(10-11-18(19)30)21-20(22(31)14-6-3-2-4-7-14)23(32)24(33)29(21)17-9-5-8-16(13-17)25(26,27)28/h2-13,21,30-31H,1H3/b22-20+/t21-/m0/s1. The molecule has 2 N–H and O–H groups in total. The minimum Gasteiger partial charge on any atom is -0.507 e. The number of rotatable bonds is 4. The van der Waals surface area contributed by atoms with Gasteiger partial charge in [0, 0.05) is 11.3 Å². The molecule has 174 valence electrons. The van der Waals surface area contributed by atoms with Crippen molar-refractivity contribution >= 4 is 23.1 Å². The van der Waals surface area contributed by atoms with E-state index in [0.29, 0.717) is 0 Å². The van der Waals surface area contributed by atoms with E-state index in [1.807, 2.05) is 0 Å². The number of nitrogens with zero attached hydrogens (tertiary/aromatic N) is 1. The summed E-state index contributed by atoms with van der Waals surface area (Å²) >= 11 is 0. The molecule has 1 saturated heterocycles. The zero-order valence-electron chi connectivity index (χ0n) is 17.7. The van der Waals surface area contributed by atoms with E-state index in [-0.39, 0.29) is 33.9 Å². The predicted molar refractivity (Wildman–Crippen MR) is 117 cm³/mol. The third kappa shape index (κ3) is 3.96. The summed E-state index contributed by atoms with van der Waals surface area (Å²) in [4.78, 5) is 27.1. The Morgan fingerprint density at radius 2 is 1.68 bits per heavy atom. The Morgan fingerprint density at radius 3 is 2.32 bits per heavy atom. The lowest BCUT2D eigenvalue weighted by molar-refractivity contribution is -0.137. The number of phenols is 1. The number of ether oxygens (including phenoxy) is 1. The van der Waals surface area contributed by atoms with Gasteiger partial charge in [0.05, 0.1) is 24.3 Å².